The van der Waals surface area contributed by atoms with E-state index in [1.165, 1.54) is 6.07 Å². The molecule has 1 atom stereocenters. The zero-order chi connectivity index (χ0) is 23.4. The first-order valence-electron chi connectivity index (χ1n) is 9.25. The normalized spacial score (nSPS) is 19.9. The van der Waals surface area contributed by atoms with E-state index in [0.29, 0.717) is 16.6 Å². The number of carbonyl (C=O) groups excluding carboxylic acids is 2. The highest BCUT2D eigenvalue weighted by Gasteiger charge is 2.49. The second-order valence-corrected chi connectivity index (χ2v) is 8.11. The molecule has 3 rings (SSSR count). The second kappa shape index (κ2) is 9.81. The number of aromatic nitrogens is 1. The number of carbonyl (C=O) groups is 3. The van der Waals surface area contributed by atoms with Crippen LogP contribution in [0.4, 0.5) is 13.2 Å². The number of alkyl halides is 3. The Morgan fingerprint density at radius 3 is 2.45 bits per heavy atom. The van der Waals surface area contributed by atoms with Gasteiger partial charge in [-0.3, -0.25) is 14.4 Å². The number of cyclic esters (lactones) is 1. The SMILES string of the molecule is Cc1[nH]c(=O)c(C(=O)NCC2CC3(CCNCC3)C(=O)O2)cc1Br.O=C(O)C(F)(F)F. The molecule has 2 fully saturated rings. The van der Waals surface area contributed by atoms with Crippen LogP contribution in [0, 0.1) is 12.3 Å². The summed E-state index contributed by atoms with van der Waals surface area (Å²) in [7, 11) is 0. The molecule has 0 saturated carbocycles. The number of amides is 1. The summed E-state index contributed by atoms with van der Waals surface area (Å²) in [6.07, 6.45) is -3.28. The van der Waals surface area contributed by atoms with Crippen LogP contribution in [0.1, 0.15) is 35.3 Å². The van der Waals surface area contributed by atoms with Crippen molar-refractivity contribution in [3.05, 3.63) is 32.2 Å². The van der Waals surface area contributed by atoms with Gasteiger partial charge in [-0.05, 0) is 54.9 Å². The van der Waals surface area contributed by atoms with Crippen molar-refractivity contribution >= 4 is 33.8 Å². The maximum absolute atomic E-state index is 12.2. The number of aromatic amines is 1. The van der Waals surface area contributed by atoms with Crippen molar-refractivity contribution < 1.29 is 37.4 Å². The quantitative estimate of drug-likeness (QED) is 0.451. The maximum atomic E-state index is 12.2. The number of hydrogen-bond donors (Lipinski definition) is 4. The van der Waals surface area contributed by atoms with Crippen molar-refractivity contribution in [1.82, 2.24) is 15.6 Å². The fraction of sp³-hybridized carbons (Fsp3) is 0.556. The van der Waals surface area contributed by atoms with Crippen molar-refractivity contribution in [2.24, 2.45) is 5.41 Å². The largest absolute Gasteiger partial charge is 0.490 e. The molecular formula is C18H21BrF3N3O6. The number of aliphatic carboxylic acids is 1. The zero-order valence-corrected chi connectivity index (χ0v) is 18.0. The number of hydrogen-bond acceptors (Lipinski definition) is 6. The van der Waals surface area contributed by atoms with Crippen LogP contribution in [0.3, 0.4) is 0 Å². The van der Waals surface area contributed by atoms with E-state index in [-0.39, 0.29) is 24.2 Å². The molecular weight excluding hydrogens is 491 g/mol. The number of nitrogens with one attached hydrogen (secondary N) is 3. The van der Waals surface area contributed by atoms with Gasteiger partial charge in [0, 0.05) is 16.6 Å². The van der Waals surface area contributed by atoms with Crippen LogP contribution in [-0.4, -0.2) is 59.9 Å². The standard InChI is InChI=1S/C16H20BrN3O4.C2HF3O2/c1-9-12(17)6-11(14(22)20-9)13(21)19-8-10-7-16(15(23)24-10)2-4-18-5-3-16;3-2(4,5)1(6)7/h6,10,18H,2-5,7-8H2,1H3,(H,19,21)(H,20,22);(H,6,7). The first-order chi connectivity index (χ1) is 14.4. The van der Waals surface area contributed by atoms with E-state index in [0.717, 1.165) is 25.9 Å². The van der Waals surface area contributed by atoms with E-state index < -0.39 is 29.0 Å². The molecule has 1 unspecified atom stereocenters. The van der Waals surface area contributed by atoms with E-state index in [4.69, 9.17) is 14.6 Å². The number of carboxylic acids is 1. The Morgan fingerprint density at radius 1 is 1.32 bits per heavy atom. The van der Waals surface area contributed by atoms with Crippen LogP contribution in [0.15, 0.2) is 15.3 Å². The molecule has 1 aromatic rings. The molecule has 0 radical (unpaired) electrons. The smallest absolute Gasteiger partial charge is 0.475 e. The Labute approximate surface area is 182 Å². The molecule has 4 N–H and O–H groups in total. The lowest BCUT2D eigenvalue weighted by Crippen LogP contribution is -2.40. The fourth-order valence-corrected chi connectivity index (χ4v) is 3.66. The molecule has 2 saturated heterocycles. The lowest BCUT2D eigenvalue weighted by atomic mass is 9.76. The van der Waals surface area contributed by atoms with Crippen LogP contribution in [0.25, 0.3) is 0 Å². The molecule has 31 heavy (non-hydrogen) atoms. The number of halogens is 4. The van der Waals surface area contributed by atoms with Crippen molar-refractivity contribution in [2.75, 3.05) is 19.6 Å². The number of aryl methyl sites for hydroxylation is 1. The molecule has 172 valence electrons. The van der Waals surface area contributed by atoms with Gasteiger partial charge in [0.2, 0.25) is 0 Å². The van der Waals surface area contributed by atoms with E-state index >= 15 is 0 Å². The van der Waals surface area contributed by atoms with Crippen molar-refractivity contribution in [1.29, 1.82) is 0 Å². The molecule has 2 aliphatic rings. The van der Waals surface area contributed by atoms with E-state index in [1.54, 1.807) is 6.92 Å². The third-order valence-corrected chi connectivity index (χ3v) is 5.86. The van der Waals surface area contributed by atoms with Crippen LogP contribution in [0.2, 0.25) is 0 Å². The minimum atomic E-state index is -5.08. The molecule has 0 aliphatic carbocycles. The van der Waals surface area contributed by atoms with Crippen molar-refractivity contribution in [3.8, 4) is 0 Å². The Balaban J connectivity index is 0.000000423. The van der Waals surface area contributed by atoms with Crippen molar-refractivity contribution in [3.63, 3.8) is 0 Å². The first-order valence-corrected chi connectivity index (χ1v) is 10.0. The van der Waals surface area contributed by atoms with Crippen molar-refractivity contribution in [2.45, 2.75) is 38.5 Å². The number of esters is 1. The van der Waals surface area contributed by atoms with Gasteiger partial charge in [0.1, 0.15) is 11.7 Å². The van der Waals surface area contributed by atoms with Gasteiger partial charge in [0.15, 0.2) is 0 Å². The van der Waals surface area contributed by atoms with Gasteiger partial charge in [0.05, 0.1) is 12.0 Å². The Morgan fingerprint density at radius 2 is 1.90 bits per heavy atom. The molecule has 9 nitrogen and oxygen atoms in total. The summed E-state index contributed by atoms with van der Waals surface area (Å²) in [5.41, 5.74) is -0.153. The third-order valence-electron chi connectivity index (χ3n) is 5.04. The number of ether oxygens (including phenoxy) is 1. The van der Waals surface area contributed by atoms with Gasteiger partial charge in [0.25, 0.3) is 11.5 Å². The minimum Gasteiger partial charge on any atom is -0.475 e. The number of pyridine rings is 1. The summed E-state index contributed by atoms with van der Waals surface area (Å²) >= 11 is 3.30. The highest BCUT2D eigenvalue weighted by molar-refractivity contribution is 9.10. The predicted octanol–water partition coefficient (Wildman–Crippen LogP) is 1.49. The predicted molar refractivity (Wildman–Crippen MR) is 105 cm³/mol. The van der Waals surface area contributed by atoms with Gasteiger partial charge < -0.3 is 25.5 Å². The molecule has 1 amide bonds. The monoisotopic (exact) mass is 511 g/mol. The van der Waals surface area contributed by atoms with Crippen LogP contribution < -0.4 is 16.2 Å². The Bertz CT molecular complexity index is 912. The Hall–Kier alpha value is -2.41. The lowest BCUT2D eigenvalue weighted by molar-refractivity contribution is -0.192. The van der Waals surface area contributed by atoms with Crippen LogP contribution in [-0.2, 0) is 14.3 Å². The maximum Gasteiger partial charge on any atom is 0.490 e. The minimum absolute atomic E-state index is 0.0355. The third kappa shape index (κ3) is 6.29. The molecule has 1 aromatic heterocycles. The zero-order valence-electron chi connectivity index (χ0n) is 16.4. The average molecular weight is 512 g/mol. The van der Waals surface area contributed by atoms with E-state index in [2.05, 4.69) is 31.5 Å². The summed E-state index contributed by atoms with van der Waals surface area (Å²) in [5.74, 6) is -3.40. The van der Waals surface area contributed by atoms with Gasteiger partial charge in [-0.15, -0.1) is 0 Å². The number of rotatable bonds is 3. The second-order valence-electron chi connectivity index (χ2n) is 7.26. The highest BCUT2D eigenvalue weighted by atomic mass is 79.9. The van der Waals surface area contributed by atoms with Crippen LogP contribution in [0.5, 0.6) is 0 Å². The van der Waals surface area contributed by atoms with Crippen LogP contribution >= 0.6 is 15.9 Å². The Kier molecular flexibility index (Phi) is 7.87. The summed E-state index contributed by atoms with van der Waals surface area (Å²) < 4.78 is 37.8. The van der Waals surface area contributed by atoms with Gasteiger partial charge in [-0.25, -0.2) is 4.79 Å². The summed E-state index contributed by atoms with van der Waals surface area (Å²) in [4.78, 5) is 47.8. The summed E-state index contributed by atoms with van der Waals surface area (Å²) in [6.45, 7) is 3.57. The summed E-state index contributed by atoms with van der Waals surface area (Å²) in [6, 6.07) is 1.50. The molecule has 3 heterocycles. The molecule has 2 aliphatic heterocycles. The number of carboxylic acid groups (broad SMARTS) is 1. The molecule has 13 heteroatoms. The number of piperidine rings is 1. The van der Waals surface area contributed by atoms with E-state index in [1.807, 2.05) is 0 Å². The number of H-pyrrole nitrogens is 1. The molecule has 0 aromatic carbocycles. The summed E-state index contributed by atoms with van der Waals surface area (Å²) in [5, 5.41) is 13.1. The van der Waals surface area contributed by atoms with Gasteiger partial charge in [-0.1, -0.05) is 0 Å². The first kappa shape index (κ1) is 24.9. The lowest BCUT2D eigenvalue weighted by Gasteiger charge is -2.29. The van der Waals surface area contributed by atoms with Gasteiger partial charge in [-0.2, -0.15) is 13.2 Å². The average Bonchev–Trinajstić information content (AvgIpc) is 2.98. The molecule has 1 spiro atoms. The van der Waals surface area contributed by atoms with Gasteiger partial charge >= 0.3 is 18.1 Å². The fourth-order valence-electron chi connectivity index (χ4n) is 3.33. The molecule has 0 bridgehead atoms. The topological polar surface area (TPSA) is 138 Å². The van der Waals surface area contributed by atoms with E-state index in [9.17, 15) is 27.6 Å². The highest BCUT2D eigenvalue weighted by Crippen LogP contribution is 2.41.